The van der Waals surface area contributed by atoms with Crippen LogP contribution in [0.3, 0.4) is 0 Å². The largest absolute Gasteiger partial charge is 0.307 e. The molecule has 0 aromatic carbocycles. The molecule has 0 bridgehead atoms. The van der Waals surface area contributed by atoms with Crippen molar-refractivity contribution < 1.29 is 0 Å². The fourth-order valence-corrected chi connectivity index (χ4v) is 3.92. The fourth-order valence-electron chi connectivity index (χ4n) is 3.92. The molecule has 2 aliphatic carbocycles. The molecule has 20 heavy (non-hydrogen) atoms. The lowest BCUT2D eigenvalue weighted by Crippen LogP contribution is -2.53. The van der Waals surface area contributed by atoms with Crippen LogP contribution in [0.15, 0.2) is 18.3 Å². The first-order chi connectivity index (χ1) is 9.71. The lowest BCUT2D eigenvalue weighted by atomic mass is 9.80. The van der Waals surface area contributed by atoms with Crippen LogP contribution in [0.1, 0.15) is 55.8 Å². The van der Waals surface area contributed by atoms with Crippen LogP contribution in [0, 0.1) is 0 Å². The SMILES string of the molecule is CN(C)C1(CNC2CCc3cccnc32)CCCCC1. The normalized spacial score (nSPS) is 24.9. The van der Waals surface area contributed by atoms with Gasteiger partial charge >= 0.3 is 0 Å². The van der Waals surface area contributed by atoms with Gasteiger partial charge in [0.1, 0.15) is 0 Å². The van der Waals surface area contributed by atoms with E-state index in [1.165, 1.54) is 56.2 Å². The summed E-state index contributed by atoms with van der Waals surface area (Å²) >= 11 is 0. The molecule has 0 saturated heterocycles. The number of pyridine rings is 1. The van der Waals surface area contributed by atoms with Crippen LogP contribution in [-0.2, 0) is 6.42 Å². The van der Waals surface area contributed by atoms with Crippen molar-refractivity contribution in [3.05, 3.63) is 29.6 Å². The highest BCUT2D eigenvalue weighted by molar-refractivity contribution is 5.28. The second kappa shape index (κ2) is 5.82. The molecule has 3 nitrogen and oxygen atoms in total. The minimum Gasteiger partial charge on any atom is -0.307 e. The molecule has 1 saturated carbocycles. The fraction of sp³-hybridized carbons (Fsp3) is 0.706. The Morgan fingerprint density at radius 2 is 2.10 bits per heavy atom. The van der Waals surface area contributed by atoms with E-state index in [1.54, 1.807) is 0 Å². The number of hydrogen-bond donors (Lipinski definition) is 1. The van der Waals surface area contributed by atoms with Crippen LogP contribution in [0.4, 0.5) is 0 Å². The molecule has 0 aliphatic heterocycles. The van der Waals surface area contributed by atoms with Gasteiger partial charge in [-0.05, 0) is 51.4 Å². The second-order valence-electron chi connectivity index (χ2n) is 6.70. The van der Waals surface area contributed by atoms with Crippen molar-refractivity contribution in [1.82, 2.24) is 15.2 Å². The van der Waals surface area contributed by atoms with Crippen molar-refractivity contribution in [3.8, 4) is 0 Å². The first-order valence-corrected chi connectivity index (χ1v) is 8.06. The number of aromatic nitrogens is 1. The predicted molar refractivity (Wildman–Crippen MR) is 82.8 cm³/mol. The summed E-state index contributed by atoms with van der Waals surface area (Å²) in [7, 11) is 4.49. The third-order valence-corrected chi connectivity index (χ3v) is 5.37. The Morgan fingerprint density at radius 3 is 2.85 bits per heavy atom. The quantitative estimate of drug-likeness (QED) is 0.914. The average Bonchev–Trinajstić information content (AvgIpc) is 2.89. The van der Waals surface area contributed by atoms with Gasteiger partial charge in [0.2, 0.25) is 0 Å². The summed E-state index contributed by atoms with van der Waals surface area (Å²) in [6.45, 7) is 1.10. The molecule has 2 aliphatic rings. The van der Waals surface area contributed by atoms with Gasteiger partial charge in [0, 0.05) is 18.3 Å². The highest BCUT2D eigenvalue weighted by Crippen LogP contribution is 2.34. The van der Waals surface area contributed by atoms with E-state index in [4.69, 9.17) is 0 Å². The molecule has 0 spiro atoms. The van der Waals surface area contributed by atoms with Crippen molar-refractivity contribution >= 4 is 0 Å². The number of hydrogen-bond acceptors (Lipinski definition) is 3. The van der Waals surface area contributed by atoms with Crippen LogP contribution in [-0.4, -0.2) is 36.1 Å². The van der Waals surface area contributed by atoms with E-state index in [2.05, 4.69) is 41.4 Å². The highest BCUT2D eigenvalue weighted by Gasteiger charge is 2.35. The van der Waals surface area contributed by atoms with Crippen molar-refractivity contribution in [1.29, 1.82) is 0 Å². The van der Waals surface area contributed by atoms with E-state index in [1.807, 2.05) is 6.20 Å². The summed E-state index contributed by atoms with van der Waals surface area (Å²) < 4.78 is 0. The number of aryl methyl sites for hydroxylation is 1. The van der Waals surface area contributed by atoms with Gasteiger partial charge in [0.15, 0.2) is 0 Å². The third kappa shape index (κ3) is 2.61. The first kappa shape index (κ1) is 14.0. The summed E-state index contributed by atoms with van der Waals surface area (Å²) in [5, 5.41) is 3.83. The van der Waals surface area contributed by atoms with Crippen molar-refractivity contribution in [3.63, 3.8) is 0 Å². The van der Waals surface area contributed by atoms with Crippen molar-refractivity contribution in [2.75, 3.05) is 20.6 Å². The van der Waals surface area contributed by atoms with E-state index < -0.39 is 0 Å². The Balaban J connectivity index is 1.67. The van der Waals surface area contributed by atoms with Crippen molar-refractivity contribution in [2.45, 2.75) is 56.5 Å². The maximum absolute atomic E-state index is 4.60. The molecule has 1 heterocycles. The van der Waals surface area contributed by atoms with Gasteiger partial charge in [-0.15, -0.1) is 0 Å². The summed E-state index contributed by atoms with van der Waals surface area (Å²) in [5.41, 5.74) is 3.08. The Morgan fingerprint density at radius 1 is 1.30 bits per heavy atom. The molecule has 110 valence electrons. The average molecular weight is 273 g/mol. The maximum Gasteiger partial charge on any atom is 0.0605 e. The van der Waals surface area contributed by atoms with Crippen LogP contribution in [0.25, 0.3) is 0 Å². The Bertz CT molecular complexity index is 449. The van der Waals surface area contributed by atoms with Crippen molar-refractivity contribution in [2.24, 2.45) is 0 Å². The van der Waals surface area contributed by atoms with E-state index in [0.717, 1.165) is 6.54 Å². The highest BCUT2D eigenvalue weighted by atomic mass is 15.2. The zero-order valence-electron chi connectivity index (χ0n) is 12.9. The topological polar surface area (TPSA) is 28.2 Å². The van der Waals surface area contributed by atoms with E-state index in [0.29, 0.717) is 11.6 Å². The van der Waals surface area contributed by atoms with Gasteiger partial charge in [-0.1, -0.05) is 25.3 Å². The van der Waals surface area contributed by atoms with Crippen LogP contribution < -0.4 is 5.32 Å². The Labute approximate surface area is 122 Å². The van der Waals surface area contributed by atoms with Gasteiger partial charge in [-0.3, -0.25) is 4.98 Å². The Hall–Kier alpha value is -0.930. The van der Waals surface area contributed by atoms with E-state index in [9.17, 15) is 0 Å². The summed E-state index contributed by atoms with van der Waals surface area (Å²) in [4.78, 5) is 7.05. The number of fused-ring (bicyclic) bond motifs is 1. The monoisotopic (exact) mass is 273 g/mol. The molecule has 1 atom stereocenters. The zero-order chi connectivity index (χ0) is 14.0. The van der Waals surface area contributed by atoms with E-state index in [-0.39, 0.29) is 0 Å². The zero-order valence-corrected chi connectivity index (χ0v) is 12.9. The molecule has 1 N–H and O–H groups in total. The molecule has 0 amide bonds. The minimum atomic E-state index is 0.357. The summed E-state index contributed by atoms with van der Waals surface area (Å²) in [5.74, 6) is 0. The number of likely N-dealkylation sites (N-methyl/N-ethyl adjacent to an activating group) is 1. The number of rotatable bonds is 4. The first-order valence-electron chi connectivity index (χ1n) is 8.06. The standard InChI is InChI=1S/C17H27N3/c1-20(2)17(10-4-3-5-11-17)13-19-15-9-8-14-7-6-12-18-16(14)15/h6-7,12,15,19H,3-5,8-11,13H2,1-2H3. The summed E-state index contributed by atoms with van der Waals surface area (Å²) in [6, 6.07) is 4.75. The predicted octanol–water partition coefficient (Wildman–Crippen LogP) is 2.92. The Kier molecular flexibility index (Phi) is 4.08. The molecule has 3 rings (SSSR count). The van der Waals surface area contributed by atoms with Gasteiger partial charge in [0.05, 0.1) is 11.7 Å². The molecule has 1 aromatic heterocycles. The lowest BCUT2D eigenvalue weighted by molar-refractivity contribution is 0.0950. The minimum absolute atomic E-state index is 0.357. The number of nitrogens with one attached hydrogen (secondary N) is 1. The van der Waals surface area contributed by atoms with Gasteiger partial charge in [0.25, 0.3) is 0 Å². The van der Waals surface area contributed by atoms with Gasteiger partial charge in [-0.25, -0.2) is 0 Å². The maximum atomic E-state index is 4.60. The molecule has 1 unspecified atom stereocenters. The van der Waals surface area contributed by atoms with Crippen LogP contribution >= 0.6 is 0 Å². The van der Waals surface area contributed by atoms with Crippen LogP contribution in [0.2, 0.25) is 0 Å². The second-order valence-corrected chi connectivity index (χ2v) is 6.70. The molecule has 0 radical (unpaired) electrons. The third-order valence-electron chi connectivity index (χ3n) is 5.37. The van der Waals surface area contributed by atoms with Gasteiger partial charge in [-0.2, -0.15) is 0 Å². The summed E-state index contributed by atoms with van der Waals surface area (Å²) in [6.07, 6.45) is 11.1. The molecule has 3 heteroatoms. The van der Waals surface area contributed by atoms with Crippen LogP contribution in [0.5, 0.6) is 0 Å². The molecule has 1 aromatic rings. The number of nitrogens with zero attached hydrogens (tertiary/aromatic N) is 2. The van der Waals surface area contributed by atoms with E-state index >= 15 is 0 Å². The molecule has 1 fully saturated rings. The van der Waals surface area contributed by atoms with Gasteiger partial charge < -0.3 is 10.2 Å². The lowest BCUT2D eigenvalue weighted by Gasteiger charge is -2.44. The smallest absolute Gasteiger partial charge is 0.0605 e. The molecular weight excluding hydrogens is 246 g/mol. The molecular formula is C17H27N3.